The van der Waals surface area contributed by atoms with Crippen LogP contribution >= 0.6 is 11.8 Å². The molecule has 4 amide bonds. The highest BCUT2D eigenvalue weighted by Gasteiger charge is 2.66. The van der Waals surface area contributed by atoms with E-state index in [1.807, 2.05) is 121 Å². The summed E-state index contributed by atoms with van der Waals surface area (Å²) >= 11 is 1.26. The quantitative estimate of drug-likeness (QED) is 0.0475. The second kappa shape index (κ2) is 18.7. The molecule has 5 aromatic rings. The Morgan fingerprint density at radius 2 is 1.07 bits per heavy atom. The first kappa shape index (κ1) is 41.1. The molecule has 11 nitrogen and oxygen atoms in total. The van der Waals surface area contributed by atoms with Crippen molar-refractivity contribution < 1.29 is 33.4 Å². The lowest BCUT2D eigenvalue weighted by Crippen LogP contribution is -2.86. The number of ether oxygens (including phenoxy) is 2. The van der Waals surface area contributed by atoms with Crippen LogP contribution in [-0.2, 0) is 28.7 Å². The molecule has 2 fully saturated rings. The fourth-order valence-corrected chi connectivity index (χ4v) is 9.46. The number of nitrogens with zero attached hydrogens (tertiary/aromatic N) is 1. The number of amides is 4. The second-order valence-corrected chi connectivity index (χ2v) is 16.4. The van der Waals surface area contributed by atoms with Crippen LogP contribution in [0.5, 0.6) is 0 Å². The summed E-state index contributed by atoms with van der Waals surface area (Å²) in [6.45, 7) is 0. The first-order chi connectivity index (χ1) is 29.8. The van der Waals surface area contributed by atoms with Crippen molar-refractivity contribution in [3.8, 4) is 0 Å². The lowest BCUT2D eigenvalue weighted by atomic mass is 9.92. The van der Waals surface area contributed by atoms with Gasteiger partial charge in [-0.3, -0.25) is 19.3 Å². The highest BCUT2D eigenvalue weighted by molar-refractivity contribution is 8.00. The average molecular weight is 835 g/mol. The number of thioether (sulfide) groups is 1. The van der Waals surface area contributed by atoms with Crippen LogP contribution in [0.3, 0.4) is 0 Å². The topological polar surface area (TPSA) is 143 Å². The van der Waals surface area contributed by atoms with Crippen molar-refractivity contribution in [3.05, 3.63) is 191 Å². The van der Waals surface area contributed by atoms with Crippen LogP contribution in [0.2, 0.25) is 0 Å². The Morgan fingerprint density at radius 3 is 1.56 bits per heavy atom. The minimum Gasteiger partial charge on any atom is -0.452 e. The first-order valence-corrected chi connectivity index (χ1v) is 21.6. The number of carbonyl (C=O) groups is 5. The van der Waals surface area contributed by atoms with E-state index in [0.29, 0.717) is 16.7 Å². The molecule has 0 radical (unpaired) electrons. The van der Waals surface area contributed by atoms with Gasteiger partial charge in [-0.25, -0.2) is 9.59 Å². The number of esters is 2. The van der Waals surface area contributed by atoms with E-state index in [2.05, 4.69) is 16.0 Å². The Kier molecular flexibility index (Phi) is 12.6. The van der Waals surface area contributed by atoms with Gasteiger partial charge < -0.3 is 25.4 Å². The zero-order chi connectivity index (χ0) is 42.2. The molecular formula is C49H46N4O7S. The van der Waals surface area contributed by atoms with E-state index in [4.69, 9.17) is 9.47 Å². The van der Waals surface area contributed by atoms with Gasteiger partial charge in [-0.05, 0) is 46.7 Å². The molecule has 0 bridgehead atoms. The van der Waals surface area contributed by atoms with Gasteiger partial charge >= 0.3 is 18.0 Å². The average Bonchev–Trinajstić information content (AvgIpc) is 3.31. The van der Waals surface area contributed by atoms with Gasteiger partial charge in [0.15, 0.2) is 18.1 Å². The molecule has 310 valence electrons. The van der Waals surface area contributed by atoms with Crippen LogP contribution < -0.4 is 16.0 Å². The van der Waals surface area contributed by atoms with E-state index in [-0.39, 0.29) is 17.5 Å². The fraction of sp³-hybridized carbons (Fsp3) is 0.245. The normalized spacial score (nSPS) is 19.1. The third-order valence-electron chi connectivity index (χ3n) is 11.2. The zero-order valence-corrected chi connectivity index (χ0v) is 34.2. The van der Waals surface area contributed by atoms with Crippen molar-refractivity contribution in [1.82, 2.24) is 20.9 Å². The van der Waals surface area contributed by atoms with Crippen LogP contribution in [0, 0.1) is 0 Å². The maximum Gasteiger partial charge on any atom is 0.355 e. The molecule has 3 N–H and O–H groups in total. The Bertz CT molecular complexity index is 2280. The van der Waals surface area contributed by atoms with E-state index >= 15 is 0 Å². The SMILES string of the molecule is O=C(NC1CCCCC1)NC1(NC(=O)C(C(=O)OC(c2ccccc2)c2ccccc2)c2ccccc2)C(=O)N2C(C(=O)OC(c3ccccc3)c3ccccc3)=CCS[C@H]21. The minimum atomic E-state index is -2.05. The molecule has 0 spiro atoms. The summed E-state index contributed by atoms with van der Waals surface area (Å²) in [7, 11) is 0. The number of urea groups is 1. The van der Waals surface area contributed by atoms with Gasteiger partial charge in [0.2, 0.25) is 11.6 Å². The van der Waals surface area contributed by atoms with Crippen LogP contribution in [0.1, 0.15) is 78.0 Å². The number of hydrogen-bond donors (Lipinski definition) is 3. The Labute approximate surface area is 358 Å². The van der Waals surface area contributed by atoms with E-state index in [1.165, 1.54) is 16.7 Å². The van der Waals surface area contributed by atoms with Crippen molar-refractivity contribution in [3.63, 3.8) is 0 Å². The van der Waals surface area contributed by atoms with Crippen LogP contribution in [0.4, 0.5) is 4.79 Å². The monoisotopic (exact) mass is 834 g/mol. The van der Waals surface area contributed by atoms with Crippen molar-refractivity contribution >= 4 is 41.5 Å². The standard InChI is InChI=1S/C49H46N4O7S/c54-43(40(33-19-7-1-8-20-33)45(56)60-42(36-25-13-4-14-26-36)37-27-15-5-16-28-37)51-49(52-48(58)50-38-29-17-6-18-30-38)46(57)53-39(31-32-61-47(49)53)44(55)59-41(34-21-9-2-10-22-34)35-23-11-3-12-24-35/h1-5,7-16,19-28,31,38,40-42,47H,6,17-18,29-30,32H2,(H,51,54)(H2,50,52,58)/t40?,47-,49?/m0/s1. The highest BCUT2D eigenvalue weighted by atomic mass is 32.2. The van der Waals surface area contributed by atoms with Gasteiger partial charge in [-0.1, -0.05) is 171 Å². The van der Waals surface area contributed by atoms with Crippen molar-refractivity contribution in [2.75, 3.05) is 5.75 Å². The lowest BCUT2D eigenvalue weighted by Gasteiger charge is -2.56. The van der Waals surface area contributed by atoms with Gasteiger partial charge in [0.1, 0.15) is 11.1 Å². The largest absolute Gasteiger partial charge is 0.452 e. The van der Waals surface area contributed by atoms with E-state index in [9.17, 15) is 24.0 Å². The molecule has 8 rings (SSSR count). The van der Waals surface area contributed by atoms with Gasteiger partial charge in [0, 0.05) is 11.8 Å². The van der Waals surface area contributed by atoms with Gasteiger partial charge in [0.25, 0.3) is 5.91 Å². The smallest absolute Gasteiger partial charge is 0.355 e. The molecule has 5 aromatic carbocycles. The second-order valence-electron chi connectivity index (χ2n) is 15.3. The van der Waals surface area contributed by atoms with Crippen molar-refractivity contribution in [2.45, 2.75) is 67.3 Å². The predicted molar refractivity (Wildman–Crippen MR) is 231 cm³/mol. The van der Waals surface area contributed by atoms with E-state index in [1.54, 1.807) is 36.4 Å². The molecule has 1 saturated carbocycles. The summed E-state index contributed by atoms with van der Waals surface area (Å²) in [4.78, 5) is 73.5. The predicted octanol–water partition coefficient (Wildman–Crippen LogP) is 7.68. The summed E-state index contributed by atoms with van der Waals surface area (Å²) < 4.78 is 12.4. The maximum absolute atomic E-state index is 14.8. The summed E-state index contributed by atoms with van der Waals surface area (Å²) in [6, 6.07) is 44.7. The number of benzene rings is 5. The molecule has 2 aliphatic heterocycles. The summed E-state index contributed by atoms with van der Waals surface area (Å²) in [5.74, 6) is -4.54. The number of nitrogens with one attached hydrogen (secondary N) is 3. The van der Waals surface area contributed by atoms with Crippen LogP contribution in [-0.4, -0.2) is 57.5 Å². The number of hydrogen-bond acceptors (Lipinski definition) is 8. The third kappa shape index (κ3) is 8.95. The number of β-lactam (4-membered cyclic amide) rings is 1. The minimum absolute atomic E-state index is 0.0161. The summed E-state index contributed by atoms with van der Waals surface area (Å²) in [5.41, 5.74) is 1.13. The van der Waals surface area contributed by atoms with Gasteiger partial charge in [-0.2, -0.15) is 0 Å². The lowest BCUT2D eigenvalue weighted by molar-refractivity contribution is -0.164. The molecule has 61 heavy (non-hydrogen) atoms. The van der Waals surface area contributed by atoms with Crippen molar-refractivity contribution in [1.29, 1.82) is 0 Å². The molecule has 12 heteroatoms. The van der Waals surface area contributed by atoms with Crippen molar-refractivity contribution in [2.24, 2.45) is 0 Å². The molecule has 0 aromatic heterocycles. The van der Waals surface area contributed by atoms with Crippen LogP contribution in [0.15, 0.2) is 163 Å². The van der Waals surface area contributed by atoms with E-state index in [0.717, 1.165) is 43.2 Å². The molecule has 3 aliphatic rings. The third-order valence-corrected chi connectivity index (χ3v) is 12.5. The zero-order valence-electron chi connectivity index (χ0n) is 33.4. The van der Waals surface area contributed by atoms with Crippen LogP contribution in [0.25, 0.3) is 0 Å². The molecule has 3 atom stereocenters. The molecule has 1 saturated heterocycles. The number of carbonyl (C=O) groups excluding carboxylic acids is 5. The van der Waals surface area contributed by atoms with E-state index < -0.39 is 58.9 Å². The first-order valence-electron chi connectivity index (χ1n) is 20.5. The summed E-state index contributed by atoms with van der Waals surface area (Å²) in [5, 5.41) is 7.67. The Balaban J connectivity index is 1.10. The Hall–Kier alpha value is -6.66. The molecular weight excluding hydrogens is 789 g/mol. The maximum atomic E-state index is 14.8. The fourth-order valence-electron chi connectivity index (χ4n) is 8.20. The summed E-state index contributed by atoms with van der Waals surface area (Å²) in [6.07, 6.45) is 4.51. The Morgan fingerprint density at radius 1 is 0.607 bits per heavy atom. The van der Waals surface area contributed by atoms with Gasteiger partial charge in [-0.15, -0.1) is 11.8 Å². The molecule has 2 heterocycles. The molecule has 1 aliphatic carbocycles. The number of rotatable bonds is 13. The van der Waals surface area contributed by atoms with Gasteiger partial charge in [0.05, 0.1) is 0 Å². The number of fused-ring (bicyclic) bond motifs is 1. The molecule has 2 unspecified atom stereocenters. The highest BCUT2D eigenvalue weighted by Crippen LogP contribution is 2.44.